The molecule has 6 heteroatoms. The van der Waals surface area contributed by atoms with E-state index in [0.717, 1.165) is 10.5 Å². The van der Waals surface area contributed by atoms with Crippen molar-refractivity contribution in [3.05, 3.63) is 71.3 Å². The van der Waals surface area contributed by atoms with Crippen molar-refractivity contribution in [2.45, 2.75) is 32.7 Å². The van der Waals surface area contributed by atoms with Crippen LogP contribution in [0.5, 0.6) is 0 Å². The van der Waals surface area contributed by atoms with E-state index in [0.29, 0.717) is 17.5 Å². The van der Waals surface area contributed by atoms with Crippen LogP contribution in [-0.2, 0) is 6.42 Å². The van der Waals surface area contributed by atoms with Crippen molar-refractivity contribution < 1.29 is 19.5 Å². The Morgan fingerprint density at radius 3 is 1.89 bits per heavy atom. The maximum absolute atomic E-state index is 12.9. The average Bonchev–Trinajstić information content (AvgIpc) is 2.86. The molecule has 0 aliphatic carbocycles. The van der Waals surface area contributed by atoms with Crippen LogP contribution in [-0.4, -0.2) is 40.0 Å². The van der Waals surface area contributed by atoms with Crippen molar-refractivity contribution in [3.8, 4) is 0 Å². The molecule has 1 aliphatic rings. The van der Waals surface area contributed by atoms with E-state index in [-0.39, 0.29) is 6.54 Å². The van der Waals surface area contributed by atoms with Crippen molar-refractivity contribution in [1.29, 1.82) is 0 Å². The van der Waals surface area contributed by atoms with Gasteiger partial charge < -0.3 is 10.4 Å². The Hall–Kier alpha value is -3.15. The number of hydrogen-bond donors (Lipinski definition) is 2. The molecule has 3 amide bonds. The standard InChI is InChI=1S/C22H24N2O4/c1-21(2,3)22(23-20(27)28,13-15-9-5-4-6-10-15)14-24-18(25)16-11-7-8-12-17(16)19(24)26/h4-12,23H,13-14H2,1-3H3,(H,27,28)/t22-/m1/s1. The third-order valence-corrected chi connectivity index (χ3v) is 5.44. The highest BCUT2D eigenvalue weighted by atomic mass is 16.4. The molecule has 2 aromatic rings. The quantitative estimate of drug-likeness (QED) is 0.776. The first kappa shape index (κ1) is 19.6. The van der Waals surface area contributed by atoms with Gasteiger partial charge in [0.2, 0.25) is 0 Å². The van der Waals surface area contributed by atoms with Gasteiger partial charge in [0.05, 0.1) is 23.2 Å². The van der Waals surface area contributed by atoms with Crippen LogP contribution in [0, 0.1) is 5.41 Å². The average molecular weight is 380 g/mol. The lowest BCUT2D eigenvalue weighted by Crippen LogP contribution is -2.64. The molecule has 6 nitrogen and oxygen atoms in total. The Morgan fingerprint density at radius 2 is 1.43 bits per heavy atom. The number of hydrogen-bond acceptors (Lipinski definition) is 3. The summed E-state index contributed by atoms with van der Waals surface area (Å²) in [6.07, 6.45) is -0.848. The molecule has 0 aromatic heterocycles. The van der Waals surface area contributed by atoms with Gasteiger partial charge in [-0.2, -0.15) is 0 Å². The Bertz CT molecular complexity index is 883. The zero-order valence-corrected chi connectivity index (χ0v) is 16.2. The van der Waals surface area contributed by atoms with Crippen molar-refractivity contribution in [2.75, 3.05) is 6.54 Å². The van der Waals surface area contributed by atoms with Gasteiger partial charge in [-0.05, 0) is 29.5 Å². The molecule has 0 bridgehead atoms. The van der Waals surface area contributed by atoms with Crippen LogP contribution in [0.15, 0.2) is 54.6 Å². The number of nitrogens with zero attached hydrogens (tertiary/aromatic N) is 1. The summed E-state index contributed by atoms with van der Waals surface area (Å²) in [4.78, 5) is 38.6. The zero-order chi connectivity index (χ0) is 20.5. The first-order chi connectivity index (χ1) is 13.1. The molecule has 0 unspecified atom stereocenters. The molecule has 146 valence electrons. The van der Waals surface area contributed by atoms with E-state index < -0.39 is 28.9 Å². The van der Waals surface area contributed by atoms with Crippen molar-refractivity contribution in [3.63, 3.8) is 0 Å². The lowest BCUT2D eigenvalue weighted by molar-refractivity contribution is 0.0469. The van der Waals surface area contributed by atoms with Gasteiger partial charge in [0.25, 0.3) is 11.8 Å². The van der Waals surface area contributed by atoms with Crippen LogP contribution in [0.2, 0.25) is 0 Å². The van der Waals surface area contributed by atoms with Crippen LogP contribution in [0.4, 0.5) is 4.79 Å². The van der Waals surface area contributed by atoms with E-state index in [4.69, 9.17) is 0 Å². The smallest absolute Gasteiger partial charge is 0.405 e. The summed E-state index contributed by atoms with van der Waals surface area (Å²) in [5.74, 6) is -0.788. The van der Waals surface area contributed by atoms with Gasteiger partial charge >= 0.3 is 6.09 Å². The van der Waals surface area contributed by atoms with Crippen molar-refractivity contribution >= 4 is 17.9 Å². The van der Waals surface area contributed by atoms with Gasteiger partial charge in [-0.25, -0.2) is 4.79 Å². The largest absolute Gasteiger partial charge is 0.465 e. The number of rotatable bonds is 5. The predicted octanol–water partition coefficient (Wildman–Crippen LogP) is 3.58. The summed E-state index contributed by atoms with van der Waals surface area (Å²) in [5.41, 5.74) is -0.0112. The summed E-state index contributed by atoms with van der Waals surface area (Å²) < 4.78 is 0. The SMILES string of the molecule is CC(C)(C)[C@@](Cc1ccccc1)(CN1C(=O)c2ccccc2C1=O)NC(=O)O. The van der Waals surface area contributed by atoms with E-state index in [1.807, 2.05) is 51.1 Å². The molecular formula is C22H24N2O4. The number of amides is 3. The number of nitrogens with one attached hydrogen (secondary N) is 1. The Kier molecular flexibility index (Phi) is 4.98. The number of carbonyl (C=O) groups is 3. The molecule has 2 aromatic carbocycles. The van der Waals surface area contributed by atoms with Gasteiger partial charge in [-0.15, -0.1) is 0 Å². The fourth-order valence-electron chi connectivity index (χ4n) is 3.63. The highest BCUT2D eigenvalue weighted by molar-refractivity contribution is 6.21. The summed E-state index contributed by atoms with van der Waals surface area (Å²) in [5, 5.41) is 12.2. The molecule has 0 fully saturated rings. The van der Waals surface area contributed by atoms with Crippen LogP contribution >= 0.6 is 0 Å². The molecule has 1 atom stereocenters. The second kappa shape index (κ2) is 7.11. The van der Waals surface area contributed by atoms with E-state index in [1.54, 1.807) is 24.3 Å². The summed E-state index contributed by atoms with van der Waals surface area (Å²) in [6, 6.07) is 16.1. The molecule has 0 saturated heterocycles. The fraction of sp³-hybridized carbons (Fsp3) is 0.318. The molecule has 28 heavy (non-hydrogen) atoms. The van der Waals surface area contributed by atoms with E-state index >= 15 is 0 Å². The highest BCUT2D eigenvalue weighted by Crippen LogP contribution is 2.36. The number of carboxylic acid groups (broad SMARTS) is 1. The fourth-order valence-corrected chi connectivity index (χ4v) is 3.63. The monoisotopic (exact) mass is 380 g/mol. The molecular weight excluding hydrogens is 356 g/mol. The maximum atomic E-state index is 12.9. The molecule has 0 radical (unpaired) electrons. The van der Waals surface area contributed by atoms with Gasteiger partial charge in [-0.3, -0.25) is 14.5 Å². The Balaban J connectivity index is 2.03. The van der Waals surface area contributed by atoms with E-state index in [1.165, 1.54) is 0 Å². The van der Waals surface area contributed by atoms with Crippen molar-refractivity contribution in [2.24, 2.45) is 5.41 Å². The van der Waals surface area contributed by atoms with Gasteiger partial charge in [0, 0.05) is 0 Å². The topological polar surface area (TPSA) is 86.7 Å². The van der Waals surface area contributed by atoms with Gasteiger partial charge in [0.1, 0.15) is 0 Å². The Morgan fingerprint density at radius 1 is 0.929 bits per heavy atom. The Labute approximate surface area is 164 Å². The van der Waals surface area contributed by atoms with Gasteiger partial charge in [0.15, 0.2) is 0 Å². The predicted molar refractivity (Wildman–Crippen MR) is 105 cm³/mol. The summed E-state index contributed by atoms with van der Waals surface area (Å²) in [6.45, 7) is 5.67. The molecule has 1 heterocycles. The maximum Gasteiger partial charge on any atom is 0.405 e. The van der Waals surface area contributed by atoms with E-state index in [2.05, 4.69) is 5.32 Å². The van der Waals surface area contributed by atoms with E-state index in [9.17, 15) is 19.5 Å². The molecule has 1 aliphatic heterocycles. The number of benzene rings is 2. The lowest BCUT2D eigenvalue weighted by atomic mass is 9.69. The lowest BCUT2D eigenvalue weighted by Gasteiger charge is -2.46. The van der Waals surface area contributed by atoms with Crippen LogP contribution in [0.3, 0.4) is 0 Å². The summed E-state index contributed by atoms with van der Waals surface area (Å²) >= 11 is 0. The third-order valence-electron chi connectivity index (χ3n) is 5.44. The number of fused-ring (bicyclic) bond motifs is 1. The van der Waals surface area contributed by atoms with Crippen LogP contribution in [0.1, 0.15) is 47.1 Å². The molecule has 0 saturated carbocycles. The highest BCUT2D eigenvalue weighted by Gasteiger charge is 2.48. The third kappa shape index (κ3) is 3.50. The van der Waals surface area contributed by atoms with Crippen molar-refractivity contribution in [1.82, 2.24) is 10.2 Å². The van der Waals surface area contributed by atoms with Crippen LogP contribution in [0.25, 0.3) is 0 Å². The minimum Gasteiger partial charge on any atom is -0.465 e. The normalized spacial score (nSPS) is 15.9. The minimum atomic E-state index is -1.19. The number of imide groups is 1. The first-order valence-electron chi connectivity index (χ1n) is 9.15. The summed E-state index contributed by atoms with van der Waals surface area (Å²) in [7, 11) is 0. The second-order valence-electron chi connectivity index (χ2n) is 8.17. The first-order valence-corrected chi connectivity index (χ1v) is 9.15. The minimum absolute atomic E-state index is 0.0515. The number of carbonyl (C=O) groups excluding carboxylic acids is 2. The molecule has 2 N–H and O–H groups in total. The molecule has 0 spiro atoms. The van der Waals surface area contributed by atoms with Crippen LogP contribution < -0.4 is 5.32 Å². The van der Waals surface area contributed by atoms with Gasteiger partial charge in [-0.1, -0.05) is 63.2 Å². The second-order valence-corrected chi connectivity index (χ2v) is 8.17. The zero-order valence-electron chi connectivity index (χ0n) is 16.2. The molecule has 3 rings (SSSR count).